The van der Waals surface area contributed by atoms with E-state index in [1.54, 1.807) is 0 Å². The van der Waals surface area contributed by atoms with Gasteiger partial charge in [0.15, 0.2) is 0 Å². The van der Waals surface area contributed by atoms with Crippen LogP contribution in [0.25, 0.3) is 5.70 Å². The lowest BCUT2D eigenvalue weighted by molar-refractivity contribution is -0.384. The summed E-state index contributed by atoms with van der Waals surface area (Å²) < 4.78 is 0. The van der Waals surface area contributed by atoms with Crippen molar-refractivity contribution in [3.05, 3.63) is 118 Å². The number of nitro groups is 1. The van der Waals surface area contributed by atoms with Crippen LogP contribution in [0.4, 0.5) is 5.69 Å². The summed E-state index contributed by atoms with van der Waals surface area (Å²) in [4.78, 5) is 35.9. The van der Waals surface area contributed by atoms with Crippen LogP contribution in [0.1, 0.15) is 21.5 Å². The van der Waals surface area contributed by atoms with E-state index in [1.165, 1.54) is 36.0 Å². The molecule has 8 nitrogen and oxygen atoms in total. The number of nitro benzene ring substituents is 1. The quantitative estimate of drug-likeness (QED) is 0.286. The third kappa shape index (κ3) is 7.21. The van der Waals surface area contributed by atoms with E-state index in [1.807, 2.05) is 60.7 Å². The highest BCUT2D eigenvalue weighted by atomic mass is 32.2. The molecule has 0 saturated heterocycles. The zero-order chi connectivity index (χ0) is 24.3. The number of nitrogens with zero attached hydrogens (tertiary/aromatic N) is 1. The number of nitrogens with one attached hydrogen (secondary N) is 3. The first-order chi connectivity index (χ1) is 16.4. The fourth-order valence-corrected chi connectivity index (χ4v) is 3.98. The van der Waals surface area contributed by atoms with Crippen molar-refractivity contribution in [3.8, 4) is 0 Å². The summed E-state index contributed by atoms with van der Waals surface area (Å²) in [6, 6.07) is 23.4. The fraction of sp³-hybridized carbons (Fsp3) is 0.120. The third-order valence-electron chi connectivity index (χ3n) is 4.82. The number of carbonyl (C=O) groups is 2. The van der Waals surface area contributed by atoms with Crippen molar-refractivity contribution >= 4 is 35.0 Å². The predicted octanol–water partition coefficient (Wildman–Crippen LogP) is 3.92. The van der Waals surface area contributed by atoms with Crippen LogP contribution in [0, 0.1) is 10.1 Å². The Balaban J connectivity index is 1.64. The molecule has 174 valence electrons. The molecule has 0 saturated carbocycles. The zero-order valence-electron chi connectivity index (χ0n) is 18.3. The Morgan fingerprint density at radius 3 is 2.12 bits per heavy atom. The maximum atomic E-state index is 12.9. The van der Waals surface area contributed by atoms with Gasteiger partial charge in [0.1, 0.15) is 6.04 Å². The highest BCUT2D eigenvalue weighted by Gasteiger charge is 2.22. The van der Waals surface area contributed by atoms with Crippen LogP contribution in [0.2, 0.25) is 0 Å². The maximum Gasteiger partial charge on any atom is 0.269 e. The number of hydrogen-bond acceptors (Lipinski definition) is 6. The van der Waals surface area contributed by atoms with Gasteiger partial charge in [-0.05, 0) is 23.3 Å². The first-order valence-corrected chi connectivity index (χ1v) is 11.6. The number of rotatable bonds is 11. The number of amides is 2. The van der Waals surface area contributed by atoms with Gasteiger partial charge in [-0.2, -0.15) is 11.8 Å². The SMILES string of the molecule is C=C(NNC(=O)C(CSCc1ccccc1)NC(=O)c1ccc([N+](=O)[O-])cc1)c1ccccc1. The summed E-state index contributed by atoms with van der Waals surface area (Å²) in [5, 5.41) is 13.6. The van der Waals surface area contributed by atoms with Gasteiger partial charge in [0.05, 0.1) is 10.6 Å². The summed E-state index contributed by atoms with van der Waals surface area (Å²) >= 11 is 1.50. The lowest BCUT2D eigenvalue weighted by Crippen LogP contribution is -2.51. The number of thioether (sulfide) groups is 1. The minimum Gasteiger partial charge on any atom is -0.339 e. The molecule has 0 heterocycles. The van der Waals surface area contributed by atoms with Gasteiger partial charge in [-0.15, -0.1) is 0 Å². The zero-order valence-corrected chi connectivity index (χ0v) is 19.1. The summed E-state index contributed by atoms with van der Waals surface area (Å²) in [7, 11) is 0. The van der Waals surface area contributed by atoms with Crippen molar-refractivity contribution in [1.29, 1.82) is 0 Å². The number of hydrogen-bond donors (Lipinski definition) is 3. The van der Waals surface area contributed by atoms with Crippen LogP contribution in [0.15, 0.2) is 91.5 Å². The van der Waals surface area contributed by atoms with Gasteiger partial charge in [0, 0.05) is 29.2 Å². The monoisotopic (exact) mass is 476 g/mol. The highest BCUT2D eigenvalue weighted by Crippen LogP contribution is 2.15. The van der Waals surface area contributed by atoms with Crippen LogP contribution in [0.3, 0.4) is 0 Å². The van der Waals surface area contributed by atoms with Crippen molar-refractivity contribution < 1.29 is 14.5 Å². The van der Waals surface area contributed by atoms with Crippen molar-refractivity contribution in [2.45, 2.75) is 11.8 Å². The average molecular weight is 477 g/mol. The van der Waals surface area contributed by atoms with Crippen LogP contribution in [-0.2, 0) is 10.5 Å². The second-order valence-corrected chi connectivity index (χ2v) is 8.32. The molecule has 9 heteroatoms. The van der Waals surface area contributed by atoms with Gasteiger partial charge in [0.25, 0.3) is 17.5 Å². The Kier molecular flexibility index (Phi) is 8.81. The molecule has 3 rings (SSSR count). The molecule has 0 aromatic heterocycles. The van der Waals surface area contributed by atoms with E-state index in [2.05, 4.69) is 22.7 Å². The summed E-state index contributed by atoms with van der Waals surface area (Å²) in [6.45, 7) is 3.92. The first-order valence-electron chi connectivity index (χ1n) is 10.4. The summed E-state index contributed by atoms with van der Waals surface area (Å²) in [6.07, 6.45) is 0. The molecule has 2 amide bonds. The third-order valence-corrected chi connectivity index (χ3v) is 5.92. The number of non-ortho nitro benzene ring substituents is 1. The number of benzene rings is 3. The van der Waals surface area contributed by atoms with Crippen LogP contribution >= 0.6 is 11.8 Å². The maximum absolute atomic E-state index is 12.9. The fourth-order valence-electron chi connectivity index (χ4n) is 2.96. The molecule has 34 heavy (non-hydrogen) atoms. The lowest BCUT2D eigenvalue weighted by Gasteiger charge is -2.20. The predicted molar refractivity (Wildman–Crippen MR) is 134 cm³/mol. The Morgan fingerprint density at radius 2 is 1.50 bits per heavy atom. The van der Waals surface area contributed by atoms with Crippen molar-refractivity contribution in [3.63, 3.8) is 0 Å². The van der Waals surface area contributed by atoms with E-state index in [0.29, 0.717) is 17.2 Å². The van der Waals surface area contributed by atoms with E-state index in [-0.39, 0.29) is 11.3 Å². The number of carbonyl (C=O) groups excluding carboxylic acids is 2. The van der Waals surface area contributed by atoms with Crippen LogP contribution in [-0.4, -0.2) is 28.5 Å². The second kappa shape index (κ2) is 12.2. The lowest BCUT2D eigenvalue weighted by atomic mass is 10.2. The average Bonchev–Trinajstić information content (AvgIpc) is 2.87. The van der Waals surface area contributed by atoms with Gasteiger partial charge >= 0.3 is 0 Å². The van der Waals surface area contributed by atoms with Gasteiger partial charge < -0.3 is 5.32 Å². The molecule has 1 atom stereocenters. The Hall–Kier alpha value is -4.11. The smallest absolute Gasteiger partial charge is 0.269 e. The topological polar surface area (TPSA) is 113 Å². The molecule has 3 N–H and O–H groups in total. The molecule has 3 aromatic rings. The first kappa shape index (κ1) is 24.5. The van der Waals surface area contributed by atoms with E-state index < -0.39 is 22.8 Å². The Labute approximate surface area is 201 Å². The minimum atomic E-state index is -0.854. The molecular formula is C25H24N4O4S. The molecule has 0 aliphatic heterocycles. The molecule has 1 unspecified atom stereocenters. The summed E-state index contributed by atoms with van der Waals surface area (Å²) in [5.74, 6) is 0.0475. The molecule has 0 spiro atoms. The Morgan fingerprint density at radius 1 is 0.882 bits per heavy atom. The van der Waals surface area contributed by atoms with Crippen LogP contribution < -0.4 is 16.2 Å². The molecule has 0 fully saturated rings. The van der Waals surface area contributed by atoms with E-state index in [0.717, 1.165) is 11.1 Å². The van der Waals surface area contributed by atoms with E-state index in [4.69, 9.17) is 0 Å². The molecule has 3 aromatic carbocycles. The Bertz CT molecular complexity index is 1140. The normalized spacial score (nSPS) is 11.2. The van der Waals surface area contributed by atoms with Gasteiger partial charge in [-0.1, -0.05) is 67.2 Å². The molecule has 0 radical (unpaired) electrons. The van der Waals surface area contributed by atoms with Gasteiger partial charge in [-0.25, -0.2) is 0 Å². The standard InChI is InChI=1S/C25H24N4O4S/c1-18(20-10-6-3-7-11-20)27-28-25(31)23(17-34-16-19-8-4-2-5-9-19)26-24(30)21-12-14-22(15-13-21)29(32)33/h2-15,23,27H,1,16-17H2,(H,26,30)(H,28,31). The molecule has 0 aliphatic rings. The highest BCUT2D eigenvalue weighted by molar-refractivity contribution is 7.98. The number of hydrazine groups is 1. The van der Waals surface area contributed by atoms with E-state index in [9.17, 15) is 19.7 Å². The second-order valence-electron chi connectivity index (χ2n) is 7.29. The van der Waals surface area contributed by atoms with Crippen molar-refractivity contribution in [2.75, 3.05) is 5.75 Å². The largest absolute Gasteiger partial charge is 0.339 e. The van der Waals surface area contributed by atoms with Crippen molar-refractivity contribution in [1.82, 2.24) is 16.2 Å². The van der Waals surface area contributed by atoms with E-state index >= 15 is 0 Å². The van der Waals surface area contributed by atoms with Gasteiger partial charge in [-0.3, -0.25) is 30.6 Å². The van der Waals surface area contributed by atoms with Crippen LogP contribution in [0.5, 0.6) is 0 Å². The summed E-state index contributed by atoms with van der Waals surface area (Å²) in [5.41, 5.74) is 7.92. The molecule has 0 aliphatic carbocycles. The molecule has 0 bridgehead atoms. The minimum absolute atomic E-state index is 0.118. The molecular weight excluding hydrogens is 452 g/mol. The van der Waals surface area contributed by atoms with Crippen molar-refractivity contribution in [2.24, 2.45) is 0 Å². The van der Waals surface area contributed by atoms with Gasteiger partial charge in [0.2, 0.25) is 0 Å².